The normalized spacial score (nSPS) is 14.4. The van der Waals surface area contributed by atoms with Gasteiger partial charge in [0.1, 0.15) is 0 Å². The fourth-order valence-corrected chi connectivity index (χ4v) is 2.89. The molecule has 0 bridgehead atoms. The lowest BCUT2D eigenvalue weighted by molar-refractivity contribution is 0.644. The first kappa shape index (κ1) is 14.0. The minimum atomic E-state index is -2.45. The highest BCUT2D eigenvalue weighted by molar-refractivity contribution is 8.69. The lowest BCUT2D eigenvalue weighted by Gasteiger charge is -2.18. The van der Waals surface area contributed by atoms with E-state index >= 15 is 0 Å². The van der Waals surface area contributed by atoms with Gasteiger partial charge in [0.2, 0.25) is 5.62 Å². The summed E-state index contributed by atoms with van der Waals surface area (Å²) in [5.74, 6) is 0. The predicted molar refractivity (Wildman–Crippen MR) is 78.7 cm³/mol. The summed E-state index contributed by atoms with van der Waals surface area (Å²) in [4.78, 5) is 9.90. The van der Waals surface area contributed by atoms with Crippen molar-refractivity contribution in [1.29, 1.82) is 0 Å². The number of unbranched alkanes of at least 4 members (excludes halogenated alkanes) is 1. The van der Waals surface area contributed by atoms with Crippen LogP contribution < -0.4 is 5.09 Å². The third kappa shape index (κ3) is 4.46. The van der Waals surface area contributed by atoms with Gasteiger partial charge in [-0.1, -0.05) is 42.9 Å². The summed E-state index contributed by atoms with van der Waals surface area (Å²) in [6.07, 6.45) is 5.20. The maximum absolute atomic E-state index is 9.90. The predicted octanol–water partition coefficient (Wildman–Crippen LogP) is 4.02. The van der Waals surface area contributed by atoms with E-state index in [2.05, 4.69) is 18.1 Å². The fraction of sp³-hybridized carbons (Fsp3) is 0.455. The number of para-hydroxylation sites is 1. The van der Waals surface area contributed by atoms with Crippen LogP contribution in [0.1, 0.15) is 25.3 Å². The van der Waals surface area contributed by atoms with Gasteiger partial charge < -0.3 is 9.98 Å². The van der Waals surface area contributed by atoms with E-state index in [1.165, 1.54) is 23.4 Å². The van der Waals surface area contributed by atoms with Crippen molar-refractivity contribution in [2.75, 3.05) is 11.3 Å². The van der Waals surface area contributed by atoms with Gasteiger partial charge in [0.15, 0.2) is 0 Å². The Morgan fingerprint density at radius 1 is 1.44 bits per heavy atom. The van der Waals surface area contributed by atoms with Crippen LogP contribution in [-0.2, 0) is 18.2 Å². The SMILES string of the molecule is CCCCc1ccccc1NP(O)(=S)SC. The van der Waals surface area contributed by atoms with Crippen LogP contribution in [0.5, 0.6) is 0 Å². The molecule has 16 heavy (non-hydrogen) atoms. The van der Waals surface area contributed by atoms with Gasteiger partial charge in [0.05, 0.1) is 0 Å². The Hall–Kier alpha value is -0.0200. The fourth-order valence-electron chi connectivity index (χ4n) is 1.41. The lowest BCUT2D eigenvalue weighted by atomic mass is 10.1. The van der Waals surface area contributed by atoms with Gasteiger partial charge in [-0.05, 0) is 42.5 Å². The van der Waals surface area contributed by atoms with E-state index < -0.39 is 5.62 Å². The van der Waals surface area contributed by atoms with Crippen molar-refractivity contribution in [1.82, 2.24) is 0 Å². The van der Waals surface area contributed by atoms with Crippen molar-refractivity contribution in [2.24, 2.45) is 0 Å². The molecule has 1 atom stereocenters. The van der Waals surface area contributed by atoms with Crippen LogP contribution in [0.2, 0.25) is 0 Å². The maximum Gasteiger partial charge on any atom is 0.207 e. The third-order valence-electron chi connectivity index (χ3n) is 2.33. The number of hydrogen-bond acceptors (Lipinski definition) is 2. The third-order valence-corrected chi connectivity index (χ3v) is 6.72. The summed E-state index contributed by atoms with van der Waals surface area (Å²) < 4.78 is 0. The number of benzene rings is 1. The Morgan fingerprint density at radius 2 is 2.12 bits per heavy atom. The molecule has 0 aliphatic carbocycles. The van der Waals surface area contributed by atoms with Crippen LogP contribution in [0.25, 0.3) is 0 Å². The quantitative estimate of drug-likeness (QED) is 0.768. The van der Waals surface area contributed by atoms with Crippen molar-refractivity contribution < 1.29 is 4.89 Å². The molecule has 1 aromatic carbocycles. The molecule has 0 heterocycles. The summed E-state index contributed by atoms with van der Waals surface area (Å²) in [7, 11) is 0. The Bertz CT molecular complexity index is 384. The summed E-state index contributed by atoms with van der Waals surface area (Å²) in [5.41, 5.74) is -0.234. The average molecular weight is 275 g/mol. The first-order valence-electron chi connectivity index (χ1n) is 5.34. The van der Waals surface area contributed by atoms with E-state index in [0.29, 0.717) is 0 Å². The molecule has 5 heteroatoms. The lowest BCUT2D eigenvalue weighted by Crippen LogP contribution is -1.97. The molecule has 0 fully saturated rings. The summed E-state index contributed by atoms with van der Waals surface area (Å²) in [6.45, 7) is 2.17. The largest absolute Gasteiger partial charge is 0.342 e. The molecule has 0 aromatic heterocycles. The smallest absolute Gasteiger partial charge is 0.207 e. The molecule has 0 saturated carbocycles. The zero-order valence-corrected chi connectivity index (χ0v) is 12.2. The Morgan fingerprint density at radius 3 is 2.75 bits per heavy atom. The molecular weight excluding hydrogens is 257 g/mol. The van der Waals surface area contributed by atoms with E-state index in [9.17, 15) is 4.89 Å². The van der Waals surface area contributed by atoms with E-state index in [0.717, 1.165) is 18.5 Å². The highest BCUT2D eigenvalue weighted by atomic mass is 32.9. The average Bonchev–Trinajstić information content (AvgIpc) is 2.27. The number of nitrogens with one attached hydrogen (secondary N) is 1. The Kier molecular flexibility index (Phi) is 5.84. The van der Waals surface area contributed by atoms with Crippen LogP contribution in [0, 0.1) is 0 Å². The van der Waals surface area contributed by atoms with Gasteiger partial charge in [-0.25, -0.2) is 0 Å². The van der Waals surface area contributed by atoms with Crippen LogP contribution in [-0.4, -0.2) is 11.1 Å². The highest BCUT2D eigenvalue weighted by Gasteiger charge is 2.12. The summed E-state index contributed by atoms with van der Waals surface area (Å²) in [6, 6.07) is 8.07. The molecule has 0 aliphatic rings. The van der Waals surface area contributed by atoms with Crippen molar-refractivity contribution in [2.45, 2.75) is 26.2 Å². The molecule has 1 rings (SSSR count). The van der Waals surface area contributed by atoms with Gasteiger partial charge >= 0.3 is 0 Å². The minimum absolute atomic E-state index is 0.983. The monoisotopic (exact) mass is 275 g/mol. The Balaban J connectivity index is 2.82. The van der Waals surface area contributed by atoms with Crippen molar-refractivity contribution in [3.05, 3.63) is 29.8 Å². The number of anilines is 1. The molecular formula is C11H18NOPS2. The van der Waals surface area contributed by atoms with E-state index in [4.69, 9.17) is 11.8 Å². The first-order chi connectivity index (χ1) is 7.59. The molecule has 0 saturated heterocycles. The topological polar surface area (TPSA) is 32.3 Å². The van der Waals surface area contributed by atoms with E-state index in [-0.39, 0.29) is 0 Å². The van der Waals surface area contributed by atoms with Crippen molar-refractivity contribution >= 4 is 34.5 Å². The molecule has 0 amide bonds. The maximum atomic E-state index is 9.90. The van der Waals surface area contributed by atoms with Crippen LogP contribution >= 0.6 is 17.0 Å². The van der Waals surface area contributed by atoms with Gasteiger partial charge in [-0.3, -0.25) is 0 Å². The molecule has 90 valence electrons. The highest BCUT2D eigenvalue weighted by Crippen LogP contribution is 2.53. The zero-order chi connectivity index (χ0) is 12.0. The summed E-state index contributed by atoms with van der Waals surface area (Å²) in [5, 5.41) is 3.09. The standard InChI is InChI=1S/C11H18NOPS2/c1-3-4-7-10-8-5-6-9-11(10)12-14(13,15)16-2/h5-6,8-9H,3-4,7H2,1-2H3,(H2,12,13,15). The number of aryl methyl sites for hydroxylation is 1. The van der Waals surface area contributed by atoms with Gasteiger partial charge in [0, 0.05) is 5.69 Å². The number of rotatable bonds is 6. The second-order valence-corrected chi connectivity index (χ2v) is 10.2. The van der Waals surface area contributed by atoms with E-state index in [1.807, 2.05) is 24.5 Å². The molecule has 1 aromatic rings. The molecule has 2 N–H and O–H groups in total. The first-order valence-corrected chi connectivity index (χ1v) is 9.92. The minimum Gasteiger partial charge on any atom is -0.342 e. The number of hydrogen-bond donors (Lipinski definition) is 2. The second-order valence-electron chi connectivity index (χ2n) is 3.58. The van der Waals surface area contributed by atoms with Crippen molar-refractivity contribution in [3.63, 3.8) is 0 Å². The molecule has 1 unspecified atom stereocenters. The molecule has 2 nitrogen and oxygen atoms in total. The zero-order valence-electron chi connectivity index (χ0n) is 9.64. The van der Waals surface area contributed by atoms with Crippen LogP contribution in [0.4, 0.5) is 5.69 Å². The summed E-state index contributed by atoms with van der Waals surface area (Å²) >= 11 is 6.44. The second kappa shape index (κ2) is 6.65. The van der Waals surface area contributed by atoms with Crippen LogP contribution in [0.15, 0.2) is 24.3 Å². The molecule has 0 spiro atoms. The van der Waals surface area contributed by atoms with E-state index in [1.54, 1.807) is 0 Å². The van der Waals surface area contributed by atoms with Gasteiger partial charge in [0.25, 0.3) is 0 Å². The van der Waals surface area contributed by atoms with Crippen molar-refractivity contribution in [3.8, 4) is 0 Å². The van der Waals surface area contributed by atoms with Crippen LogP contribution in [0.3, 0.4) is 0 Å². The Labute approximate surface area is 107 Å². The molecule has 0 radical (unpaired) electrons. The van der Waals surface area contributed by atoms with Gasteiger partial charge in [-0.2, -0.15) is 0 Å². The molecule has 0 aliphatic heterocycles. The van der Waals surface area contributed by atoms with Gasteiger partial charge in [-0.15, -0.1) is 0 Å².